The molecule has 7 nitrogen and oxygen atoms in total. The number of aromatic nitrogens is 4. The summed E-state index contributed by atoms with van der Waals surface area (Å²) in [6, 6.07) is 3.25. The predicted octanol–water partition coefficient (Wildman–Crippen LogP) is 0.710. The molecule has 1 aliphatic heterocycles. The van der Waals surface area contributed by atoms with Gasteiger partial charge in [-0.2, -0.15) is 0 Å². The van der Waals surface area contributed by atoms with Gasteiger partial charge >= 0.3 is 0 Å². The van der Waals surface area contributed by atoms with Gasteiger partial charge in [-0.15, -0.1) is 0 Å². The first-order valence-corrected chi connectivity index (χ1v) is 7.32. The molecule has 2 aromatic heterocycles. The average molecular weight is 301 g/mol. The summed E-state index contributed by atoms with van der Waals surface area (Å²) < 4.78 is 7.14. The number of anilines is 1. The van der Waals surface area contributed by atoms with Gasteiger partial charge in [0.2, 0.25) is 5.95 Å². The highest BCUT2D eigenvalue weighted by molar-refractivity contribution is 5.55. The highest BCUT2D eigenvalue weighted by Crippen LogP contribution is 2.18. The smallest absolute Gasteiger partial charge is 0.255 e. The molecule has 2 aromatic rings. The minimum absolute atomic E-state index is 0.101. The van der Waals surface area contributed by atoms with Gasteiger partial charge in [0, 0.05) is 32.4 Å². The summed E-state index contributed by atoms with van der Waals surface area (Å²) >= 11 is 0. The highest BCUT2D eigenvalue weighted by Gasteiger charge is 2.20. The Kier molecular flexibility index (Phi) is 4.15. The second-order valence-corrected chi connectivity index (χ2v) is 5.56. The molecule has 0 radical (unpaired) electrons. The molecule has 1 aliphatic rings. The second-order valence-electron chi connectivity index (χ2n) is 5.56. The van der Waals surface area contributed by atoms with Gasteiger partial charge in [0.25, 0.3) is 5.56 Å². The molecule has 1 saturated heterocycles. The van der Waals surface area contributed by atoms with E-state index in [0.29, 0.717) is 29.9 Å². The average Bonchev–Trinajstić information content (AvgIpc) is 2.75. The number of nitrogens with zero attached hydrogens (tertiary/aromatic N) is 5. The molecule has 1 unspecified atom stereocenters. The zero-order chi connectivity index (χ0) is 15.5. The zero-order valence-corrected chi connectivity index (χ0v) is 12.8. The van der Waals surface area contributed by atoms with E-state index < -0.39 is 0 Å². The largest absolute Gasteiger partial charge is 0.379 e. The van der Waals surface area contributed by atoms with Crippen molar-refractivity contribution < 1.29 is 4.74 Å². The van der Waals surface area contributed by atoms with Crippen LogP contribution in [0.1, 0.15) is 6.92 Å². The molecule has 0 bridgehead atoms. The Hall–Kier alpha value is -2.28. The van der Waals surface area contributed by atoms with Gasteiger partial charge in [-0.1, -0.05) is 6.92 Å². The van der Waals surface area contributed by atoms with Crippen LogP contribution in [0.4, 0.5) is 5.95 Å². The molecule has 1 atom stereocenters. The van der Waals surface area contributed by atoms with Crippen LogP contribution in [0.25, 0.3) is 11.4 Å². The van der Waals surface area contributed by atoms with Crippen molar-refractivity contribution in [2.24, 2.45) is 13.0 Å². The van der Waals surface area contributed by atoms with Crippen molar-refractivity contribution in [1.82, 2.24) is 19.5 Å². The molecule has 0 amide bonds. The molecular formula is C15H19N5O2. The lowest BCUT2D eigenvalue weighted by molar-refractivity contribution is 0.129. The van der Waals surface area contributed by atoms with Gasteiger partial charge in [0.05, 0.1) is 24.6 Å². The molecule has 1 fully saturated rings. The zero-order valence-electron chi connectivity index (χ0n) is 12.8. The number of rotatable bonds is 2. The summed E-state index contributed by atoms with van der Waals surface area (Å²) in [7, 11) is 1.74. The van der Waals surface area contributed by atoms with Crippen molar-refractivity contribution in [3.8, 4) is 11.4 Å². The molecule has 116 valence electrons. The molecule has 0 aromatic carbocycles. The van der Waals surface area contributed by atoms with E-state index in [1.54, 1.807) is 23.9 Å². The van der Waals surface area contributed by atoms with E-state index in [9.17, 15) is 4.79 Å². The van der Waals surface area contributed by atoms with Crippen molar-refractivity contribution in [1.29, 1.82) is 0 Å². The van der Waals surface area contributed by atoms with Crippen LogP contribution in [0.5, 0.6) is 0 Å². The van der Waals surface area contributed by atoms with Crippen LogP contribution in [0.15, 0.2) is 29.5 Å². The predicted molar refractivity (Wildman–Crippen MR) is 82.7 cm³/mol. The third-order valence-electron chi connectivity index (χ3n) is 3.68. The lowest BCUT2D eigenvalue weighted by Crippen LogP contribution is -2.35. The van der Waals surface area contributed by atoms with Crippen LogP contribution in [0, 0.1) is 5.92 Å². The van der Waals surface area contributed by atoms with E-state index >= 15 is 0 Å². The van der Waals surface area contributed by atoms with E-state index in [-0.39, 0.29) is 5.56 Å². The molecule has 3 rings (SSSR count). The maximum absolute atomic E-state index is 12.3. The Bertz CT molecular complexity index is 701. The quantitative estimate of drug-likeness (QED) is 0.813. The molecule has 3 heterocycles. The SMILES string of the molecule is CC1COCCN(c2nc(-c3ccncn3)cc(=O)n2C)C1. The lowest BCUT2D eigenvalue weighted by Gasteiger charge is -2.25. The van der Waals surface area contributed by atoms with Gasteiger partial charge < -0.3 is 9.64 Å². The summed E-state index contributed by atoms with van der Waals surface area (Å²) in [4.78, 5) is 27.1. The highest BCUT2D eigenvalue weighted by atomic mass is 16.5. The van der Waals surface area contributed by atoms with Crippen LogP contribution in [-0.4, -0.2) is 45.8 Å². The van der Waals surface area contributed by atoms with Crippen molar-refractivity contribution in [2.45, 2.75) is 6.92 Å². The van der Waals surface area contributed by atoms with Crippen molar-refractivity contribution in [3.05, 3.63) is 35.0 Å². The normalized spacial score (nSPS) is 19.0. The molecule has 22 heavy (non-hydrogen) atoms. The van der Waals surface area contributed by atoms with Crippen molar-refractivity contribution >= 4 is 5.95 Å². The van der Waals surface area contributed by atoms with Gasteiger partial charge in [0.15, 0.2) is 0 Å². The summed E-state index contributed by atoms with van der Waals surface area (Å²) in [5, 5.41) is 0. The van der Waals surface area contributed by atoms with Gasteiger partial charge in [-0.05, 0) is 12.0 Å². The Labute approximate surface area is 128 Å². The van der Waals surface area contributed by atoms with Crippen LogP contribution in [0.3, 0.4) is 0 Å². The summed E-state index contributed by atoms with van der Waals surface area (Å²) in [5.74, 6) is 1.04. The van der Waals surface area contributed by atoms with Crippen molar-refractivity contribution in [2.75, 3.05) is 31.2 Å². The molecule has 0 spiro atoms. The van der Waals surface area contributed by atoms with Crippen LogP contribution >= 0.6 is 0 Å². The van der Waals surface area contributed by atoms with E-state index in [1.165, 1.54) is 12.4 Å². The van der Waals surface area contributed by atoms with Crippen LogP contribution in [0.2, 0.25) is 0 Å². The first kappa shape index (κ1) is 14.6. The summed E-state index contributed by atoms with van der Waals surface area (Å²) in [6.45, 7) is 5.03. The van der Waals surface area contributed by atoms with Gasteiger partial charge in [0.1, 0.15) is 6.33 Å². The monoisotopic (exact) mass is 301 g/mol. The van der Waals surface area contributed by atoms with E-state index in [0.717, 1.165) is 19.7 Å². The van der Waals surface area contributed by atoms with E-state index in [2.05, 4.69) is 26.8 Å². The minimum atomic E-state index is -0.101. The Balaban J connectivity index is 2.03. The summed E-state index contributed by atoms with van der Waals surface area (Å²) in [5.41, 5.74) is 1.11. The Morgan fingerprint density at radius 1 is 1.36 bits per heavy atom. The van der Waals surface area contributed by atoms with Crippen LogP contribution in [-0.2, 0) is 11.8 Å². The molecule has 0 aliphatic carbocycles. The first-order valence-electron chi connectivity index (χ1n) is 7.32. The van der Waals surface area contributed by atoms with Crippen LogP contribution < -0.4 is 10.5 Å². The molecule has 0 saturated carbocycles. The maximum atomic E-state index is 12.3. The Morgan fingerprint density at radius 3 is 3.00 bits per heavy atom. The minimum Gasteiger partial charge on any atom is -0.379 e. The first-order chi connectivity index (χ1) is 10.6. The summed E-state index contributed by atoms with van der Waals surface area (Å²) in [6.07, 6.45) is 3.10. The molecular weight excluding hydrogens is 282 g/mol. The van der Waals surface area contributed by atoms with Crippen molar-refractivity contribution in [3.63, 3.8) is 0 Å². The maximum Gasteiger partial charge on any atom is 0.255 e. The standard InChI is InChI=1S/C15H19N5O2/c1-11-8-20(5-6-22-9-11)15-18-13(7-14(21)19(15)2)12-3-4-16-10-17-12/h3-4,7,10-11H,5-6,8-9H2,1-2H3. The third-order valence-corrected chi connectivity index (χ3v) is 3.68. The Morgan fingerprint density at radius 2 is 2.23 bits per heavy atom. The third kappa shape index (κ3) is 2.99. The number of hydrogen-bond acceptors (Lipinski definition) is 6. The molecule has 7 heteroatoms. The van der Waals surface area contributed by atoms with Gasteiger partial charge in [-0.25, -0.2) is 15.0 Å². The van der Waals surface area contributed by atoms with Gasteiger partial charge in [-0.3, -0.25) is 9.36 Å². The topological polar surface area (TPSA) is 73.1 Å². The fourth-order valence-electron chi connectivity index (χ4n) is 2.54. The fourth-order valence-corrected chi connectivity index (χ4v) is 2.54. The lowest BCUT2D eigenvalue weighted by atomic mass is 10.2. The molecule has 0 N–H and O–H groups in total. The number of ether oxygens (including phenoxy) is 1. The van der Waals surface area contributed by atoms with E-state index in [4.69, 9.17) is 4.74 Å². The number of hydrogen-bond donors (Lipinski definition) is 0. The fraction of sp³-hybridized carbons (Fsp3) is 0.467. The van der Waals surface area contributed by atoms with E-state index in [1.807, 2.05) is 0 Å². The second kappa shape index (κ2) is 6.23.